The molecule has 0 aromatic heterocycles. The number of carbonyl (C=O) groups is 1. The summed E-state index contributed by atoms with van der Waals surface area (Å²) >= 11 is 0. The first-order valence-corrected chi connectivity index (χ1v) is 8.52. The molecule has 3 nitrogen and oxygen atoms in total. The molecule has 0 atom stereocenters. The van der Waals surface area contributed by atoms with Gasteiger partial charge in [-0.3, -0.25) is 8.42 Å². The smallest absolute Gasteiger partial charge is 0.130 e. The van der Waals surface area contributed by atoms with Crippen LogP contribution in [0.3, 0.4) is 0 Å². The summed E-state index contributed by atoms with van der Waals surface area (Å²) in [5.41, 5.74) is 0. The second-order valence-corrected chi connectivity index (χ2v) is 6.75. The lowest BCUT2D eigenvalue weighted by molar-refractivity contribution is -0.117. The van der Waals surface area contributed by atoms with Crippen LogP contribution in [0.1, 0.15) is 27.2 Å². The van der Waals surface area contributed by atoms with Gasteiger partial charge in [0, 0.05) is 53.0 Å². The number of ketones is 1. The Hall–Kier alpha value is -0.0300. The lowest BCUT2D eigenvalue weighted by Crippen LogP contribution is -1.95. The van der Waals surface area contributed by atoms with Crippen molar-refractivity contribution in [2.75, 3.05) is 25.0 Å². The molecule has 0 aromatic carbocycles. The van der Waals surface area contributed by atoms with Crippen LogP contribution in [0.2, 0.25) is 0 Å². The van der Waals surface area contributed by atoms with Gasteiger partial charge >= 0.3 is 0 Å². The van der Waals surface area contributed by atoms with Crippen molar-refractivity contribution in [3.8, 4) is 0 Å². The molecule has 0 saturated carbocycles. The standard InChI is InChI=1S/C6H12O.2C2H6OS/c1-5(2)4-6(3)7;2*1-4(2)3/h5H,4H2,1-3H3;2*1-2H3. The number of carbonyl (C=O) groups excluding carboxylic acids is 1. The van der Waals surface area contributed by atoms with Crippen molar-refractivity contribution in [3.63, 3.8) is 0 Å². The Morgan fingerprint density at radius 2 is 1.20 bits per heavy atom. The van der Waals surface area contributed by atoms with E-state index in [0.29, 0.717) is 5.92 Å². The topological polar surface area (TPSA) is 51.2 Å². The Labute approximate surface area is 98.9 Å². The molecular weight excluding hydrogens is 232 g/mol. The molecule has 0 unspecified atom stereocenters. The zero-order valence-corrected chi connectivity index (χ0v) is 12.5. The molecule has 0 radical (unpaired) electrons. The predicted octanol–water partition coefficient (Wildman–Crippen LogP) is 1.61. The van der Waals surface area contributed by atoms with Crippen LogP contribution in [0, 0.1) is 5.92 Å². The fourth-order valence-corrected chi connectivity index (χ4v) is 0.575. The first kappa shape index (κ1) is 20.4. The van der Waals surface area contributed by atoms with Crippen LogP contribution in [0.5, 0.6) is 0 Å². The second kappa shape index (κ2) is 14.0. The monoisotopic (exact) mass is 256 g/mol. The van der Waals surface area contributed by atoms with Crippen molar-refractivity contribution in [2.24, 2.45) is 5.92 Å². The van der Waals surface area contributed by atoms with Crippen LogP contribution in [0.25, 0.3) is 0 Å². The van der Waals surface area contributed by atoms with Gasteiger partial charge in [0.15, 0.2) is 0 Å². The average Bonchev–Trinajstić information content (AvgIpc) is 1.78. The molecular formula is C10H24O3S2. The van der Waals surface area contributed by atoms with Gasteiger partial charge in [-0.1, -0.05) is 13.8 Å². The third-order valence-corrected chi connectivity index (χ3v) is 0.696. The van der Waals surface area contributed by atoms with E-state index in [9.17, 15) is 13.2 Å². The van der Waals surface area contributed by atoms with Gasteiger partial charge in [-0.2, -0.15) is 0 Å². The summed E-state index contributed by atoms with van der Waals surface area (Å²) in [6.45, 7) is 5.71. The van der Waals surface area contributed by atoms with Crippen molar-refractivity contribution >= 4 is 27.4 Å². The van der Waals surface area contributed by atoms with Crippen LogP contribution in [0.15, 0.2) is 0 Å². The van der Waals surface area contributed by atoms with Crippen molar-refractivity contribution in [1.29, 1.82) is 0 Å². The molecule has 0 aliphatic heterocycles. The highest BCUT2D eigenvalue weighted by Gasteiger charge is 1.95. The first-order chi connectivity index (χ1) is 6.59. The Kier molecular flexibility index (Phi) is 19.0. The average molecular weight is 256 g/mol. The maximum atomic E-state index is 10.3. The minimum atomic E-state index is -0.611. The molecule has 0 heterocycles. The Morgan fingerprint density at radius 1 is 1.00 bits per heavy atom. The van der Waals surface area contributed by atoms with E-state index in [1.165, 1.54) is 0 Å². The summed E-state index contributed by atoms with van der Waals surface area (Å²) in [7, 11) is -1.22. The Bertz CT molecular complexity index is 181. The third-order valence-electron chi connectivity index (χ3n) is 0.696. The fourth-order valence-electron chi connectivity index (χ4n) is 0.575. The quantitative estimate of drug-likeness (QED) is 0.754. The summed E-state index contributed by atoms with van der Waals surface area (Å²) in [5, 5.41) is 0. The van der Waals surface area contributed by atoms with E-state index in [4.69, 9.17) is 0 Å². The van der Waals surface area contributed by atoms with Crippen molar-refractivity contribution in [1.82, 2.24) is 0 Å². The van der Waals surface area contributed by atoms with Gasteiger partial charge in [0.2, 0.25) is 0 Å². The Morgan fingerprint density at radius 3 is 1.20 bits per heavy atom. The van der Waals surface area contributed by atoms with E-state index < -0.39 is 21.6 Å². The summed E-state index contributed by atoms with van der Waals surface area (Å²) in [6, 6.07) is 0. The summed E-state index contributed by atoms with van der Waals surface area (Å²) in [6.07, 6.45) is 7.28. The highest BCUT2D eigenvalue weighted by molar-refractivity contribution is 7.83. The van der Waals surface area contributed by atoms with E-state index in [0.717, 1.165) is 6.42 Å². The molecule has 0 rings (SSSR count). The van der Waals surface area contributed by atoms with Crippen LogP contribution in [-0.2, 0) is 26.4 Å². The normalized spacial score (nSPS) is 9.20. The van der Waals surface area contributed by atoms with Crippen molar-refractivity contribution in [2.45, 2.75) is 27.2 Å². The molecule has 0 amide bonds. The highest BCUT2D eigenvalue weighted by Crippen LogP contribution is 1.97. The molecule has 15 heavy (non-hydrogen) atoms. The zero-order chi connectivity index (χ0) is 13.0. The molecule has 0 aromatic rings. The maximum absolute atomic E-state index is 10.3. The van der Waals surface area contributed by atoms with Gasteiger partial charge in [-0.05, 0) is 12.8 Å². The number of hydrogen-bond acceptors (Lipinski definition) is 3. The maximum Gasteiger partial charge on any atom is 0.130 e. The fraction of sp³-hybridized carbons (Fsp3) is 0.900. The highest BCUT2D eigenvalue weighted by atomic mass is 32.2. The molecule has 0 spiro atoms. The molecule has 94 valence electrons. The number of Topliss-reactive ketones (excluding diaryl/α,β-unsaturated/α-hetero) is 1. The largest absolute Gasteiger partial charge is 0.300 e. The first-order valence-electron chi connectivity index (χ1n) is 4.59. The SMILES string of the molecule is CC(=O)CC(C)C.CS(C)=O.CS(C)=O. The lowest BCUT2D eigenvalue weighted by atomic mass is 10.1. The molecule has 0 aliphatic carbocycles. The van der Waals surface area contributed by atoms with Crippen molar-refractivity contribution < 1.29 is 13.2 Å². The molecule has 0 N–H and O–H groups in total. The third kappa shape index (κ3) is 127. The molecule has 0 saturated heterocycles. The van der Waals surface area contributed by atoms with Crippen LogP contribution >= 0.6 is 0 Å². The number of hydrogen-bond donors (Lipinski definition) is 0. The van der Waals surface area contributed by atoms with Crippen LogP contribution in [-0.4, -0.2) is 39.2 Å². The summed E-state index contributed by atoms with van der Waals surface area (Å²) in [5.74, 6) is 0.813. The van der Waals surface area contributed by atoms with Gasteiger partial charge in [-0.25, -0.2) is 0 Å². The van der Waals surface area contributed by atoms with Gasteiger partial charge < -0.3 is 4.79 Å². The van der Waals surface area contributed by atoms with Crippen LogP contribution < -0.4 is 0 Å². The van der Waals surface area contributed by atoms with Crippen molar-refractivity contribution in [3.05, 3.63) is 0 Å². The van der Waals surface area contributed by atoms with Gasteiger partial charge in [-0.15, -0.1) is 0 Å². The molecule has 5 heteroatoms. The van der Waals surface area contributed by atoms with E-state index in [-0.39, 0.29) is 5.78 Å². The minimum absolute atomic E-state index is 0.287. The predicted molar refractivity (Wildman–Crippen MR) is 70.1 cm³/mol. The van der Waals surface area contributed by atoms with E-state index >= 15 is 0 Å². The second-order valence-electron chi connectivity index (χ2n) is 3.78. The van der Waals surface area contributed by atoms with E-state index in [2.05, 4.69) is 0 Å². The van der Waals surface area contributed by atoms with Gasteiger partial charge in [0.25, 0.3) is 0 Å². The van der Waals surface area contributed by atoms with Gasteiger partial charge in [0.1, 0.15) is 5.78 Å². The van der Waals surface area contributed by atoms with E-state index in [1.54, 1.807) is 31.9 Å². The number of rotatable bonds is 2. The molecule has 0 bridgehead atoms. The molecule has 0 fully saturated rings. The molecule has 0 aliphatic rings. The minimum Gasteiger partial charge on any atom is -0.300 e. The summed E-state index contributed by atoms with van der Waals surface area (Å²) in [4.78, 5) is 10.3. The lowest BCUT2D eigenvalue weighted by Gasteiger charge is -1.95. The zero-order valence-electron chi connectivity index (χ0n) is 10.8. The van der Waals surface area contributed by atoms with Gasteiger partial charge in [0.05, 0.1) is 0 Å². The van der Waals surface area contributed by atoms with Crippen LogP contribution in [0.4, 0.5) is 0 Å². The van der Waals surface area contributed by atoms with E-state index in [1.807, 2.05) is 13.8 Å². The summed E-state index contributed by atoms with van der Waals surface area (Å²) < 4.78 is 19.1. The Balaban J connectivity index is -0.000000155.